The highest BCUT2D eigenvalue weighted by Gasteiger charge is 2.05. The fourth-order valence-corrected chi connectivity index (χ4v) is 2.00. The van der Waals surface area contributed by atoms with Gasteiger partial charge < -0.3 is 10.5 Å². The summed E-state index contributed by atoms with van der Waals surface area (Å²) in [5, 5.41) is 4.38. The number of nitrogens with zero attached hydrogens (tertiary/aromatic N) is 2. The second kappa shape index (κ2) is 5.84. The van der Waals surface area contributed by atoms with Crippen LogP contribution >= 0.6 is 12.2 Å². The van der Waals surface area contributed by atoms with Gasteiger partial charge in [0.05, 0.1) is 11.4 Å². The van der Waals surface area contributed by atoms with E-state index in [0.717, 1.165) is 29.2 Å². The summed E-state index contributed by atoms with van der Waals surface area (Å²) in [5.74, 6) is 0.793. The van der Waals surface area contributed by atoms with Crippen LogP contribution in [0.25, 0.3) is 0 Å². The predicted molar refractivity (Wildman–Crippen MR) is 79.3 cm³/mol. The molecule has 0 aliphatic carbocycles. The van der Waals surface area contributed by atoms with Gasteiger partial charge in [0, 0.05) is 12.1 Å². The van der Waals surface area contributed by atoms with E-state index in [1.165, 1.54) is 0 Å². The van der Waals surface area contributed by atoms with E-state index in [2.05, 4.69) is 12.0 Å². The van der Waals surface area contributed by atoms with Gasteiger partial charge in [0.25, 0.3) is 0 Å². The molecule has 0 aliphatic rings. The van der Waals surface area contributed by atoms with Crippen LogP contribution in [0.4, 0.5) is 0 Å². The molecule has 0 unspecified atom stereocenters. The largest absolute Gasteiger partial charge is 0.487 e. The molecule has 2 N–H and O–H groups in total. The molecule has 0 radical (unpaired) electrons. The summed E-state index contributed by atoms with van der Waals surface area (Å²) in [7, 11) is 0. The van der Waals surface area contributed by atoms with E-state index in [1.54, 1.807) is 0 Å². The maximum absolute atomic E-state index is 5.74. The molecule has 19 heavy (non-hydrogen) atoms. The van der Waals surface area contributed by atoms with E-state index in [0.29, 0.717) is 11.6 Å². The maximum Gasteiger partial charge on any atom is 0.130 e. The SMILES string of the molecule is CCn1nc(C)cc1COc1ccc(C(N)=S)cc1. The number of aromatic nitrogens is 2. The van der Waals surface area contributed by atoms with E-state index >= 15 is 0 Å². The average molecular weight is 275 g/mol. The first-order valence-electron chi connectivity index (χ1n) is 6.16. The van der Waals surface area contributed by atoms with Crippen LogP contribution in [0.3, 0.4) is 0 Å². The first-order valence-corrected chi connectivity index (χ1v) is 6.57. The molecule has 4 nitrogen and oxygen atoms in total. The van der Waals surface area contributed by atoms with Crippen molar-refractivity contribution >= 4 is 17.2 Å². The fourth-order valence-electron chi connectivity index (χ4n) is 1.86. The van der Waals surface area contributed by atoms with E-state index < -0.39 is 0 Å². The van der Waals surface area contributed by atoms with Gasteiger partial charge in [-0.1, -0.05) is 12.2 Å². The van der Waals surface area contributed by atoms with Crippen LogP contribution in [0, 0.1) is 6.92 Å². The van der Waals surface area contributed by atoms with Gasteiger partial charge >= 0.3 is 0 Å². The Labute approximate surface area is 118 Å². The van der Waals surface area contributed by atoms with Crippen molar-refractivity contribution < 1.29 is 4.74 Å². The standard InChI is InChI=1S/C14H17N3OS/c1-3-17-12(8-10(2)16-17)9-18-13-6-4-11(5-7-13)14(15)19/h4-8H,3,9H2,1-2H3,(H2,15,19). The Kier molecular flexibility index (Phi) is 4.16. The van der Waals surface area contributed by atoms with Crippen LogP contribution in [0.5, 0.6) is 5.75 Å². The minimum absolute atomic E-state index is 0.395. The van der Waals surface area contributed by atoms with Crippen LogP contribution in [-0.2, 0) is 13.2 Å². The van der Waals surface area contributed by atoms with Gasteiger partial charge in [-0.05, 0) is 44.2 Å². The predicted octanol–water partition coefficient (Wildman–Crippen LogP) is 2.42. The summed E-state index contributed by atoms with van der Waals surface area (Å²) in [4.78, 5) is 0.395. The van der Waals surface area contributed by atoms with E-state index in [4.69, 9.17) is 22.7 Å². The first kappa shape index (κ1) is 13.5. The fraction of sp³-hybridized carbons (Fsp3) is 0.286. The van der Waals surface area contributed by atoms with Crippen molar-refractivity contribution in [2.75, 3.05) is 0 Å². The van der Waals surface area contributed by atoms with Gasteiger partial charge in [-0.25, -0.2) is 0 Å². The zero-order valence-corrected chi connectivity index (χ0v) is 11.9. The van der Waals surface area contributed by atoms with Crippen LogP contribution in [0.15, 0.2) is 30.3 Å². The maximum atomic E-state index is 5.74. The number of thiocarbonyl (C=S) groups is 1. The lowest BCUT2D eigenvalue weighted by Crippen LogP contribution is -2.09. The zero-order chi connectivity index (χ0) is 13.8. The third-order valence-corrected chi connectivity index (χ3v) is 3.05. The molecule has 2 aromatic rings. The molecule has 0 bridgehead atoms. The number of hydrogen-bond donors (Lipinski definition) is 1. The summed E-state index contributed by atoms with van der Waals surface area (Å²) in [6.45, 7) is 5.38. The Hall–Kier alpha value is -1.88. The van der Waals surface area contributed by atoms with Crippen molar-refractivity contribution in [1.29, 1.82) is 0 Å². The van der Waals surface area contributed by atoms with Crippen molar-refractivity contribution in [1.82, 2.24) is 9.78 Å². The van der Waals surface area contributed by atoms with E-state index in [-0.39, 0.29) is 0 Å². The molecular weight excluding hydrogens is 258 g/mol. The molecule has 100 valence electrons. The number of hydrogen-bond acceptors (Lipinski definition) is 3. The zero-order valence-electron chi connectivity index (χ0n) is 11.1. The Balaban J connectivity index is 2.03. The Morgan fingerprint density at radius 3 is 2.63 bits per heavy atom. The van der Waals surface area contributed by atoms with Gasteiger partial charge in [-0.3, -0.25) is 4.68 Å². The number of benzene rings is 1. The number of nitrogens with two attached hydrogens (primary N) is 1. The number of rotatable bonds is 5. The second-order valence-electron chi connectivity index (χ2n) is 4.27. The van der Waals surface area contributed by atoms with Gasteiger partial charge in [-0.15, -0.1) is 0 Å². The Morgan fingerprint density at radius 1 is 1.37 bits per heavy atom. The lowest BCUT2D eigenvalue weighted by Gasteiger charge is -2.08. The molecule has 5 heteroatoms. The summed E-state index contributed by atoms with van der Waals surface area (Å²) >= 11 is 4.91. The summed E-state index contributed by atoms with van der Waals surface area (Å²) in [5.41, 5.74) is 8.46. The molecule has 0 saturated heterocycles. The molecule has 0 saturated carbocycles. The van der Waals surface area contributed by atoms with Crippen LogP contribution in [-0.4, -0.2) is 14.8 Å². The highest BCUT2D eigenvalue weighted by atomic mass is 32.1. The van der Waals surface area contributed by atoms with Crippen molar-refractivity contribution in [3.05, 3.63) is 47.3 Å². The van der Waals surface area contributed by atoms with Crippen molar-refractivity contribution in [2.45, 2.75) is 27.0 Å². The molecule has 0 fully saturated rings. The first-order chi connectivity index (χ1) is 9.10. The highest BCUT2D eigenvalue weighted by molar-refractivity contribution is 7.80. The normalized spacial score (nSPS) is 10.4. The Morgan fingerprint density at radius 2 is 2.05 bits per heavy atom. The van der Waals surface area contributed by atoms with E-state index in [1.807, 2.05) is 41.9 Å². The molecule has 0 spiro atoms. The van der Waals surface area contributed by atoms with Gasteiger partial charge in [0.15, 0.2) is 0 Å². The summed E-state index contributed by atoms with van der Waals surface area (Å²) in [6.07, 6.45) is 0. The number of ether oxygens (including phenoxy) is 1. The summed E-state index contributed by atoms with van der Waals surface area (Å²) < 4.78 is 7.68. The third kappa shape index (κ3) is 3.32. The molecule has 0 atom stereocenters. The van der Waals surface area contributed by atoms with Crippen LogP contribution < -0.4 is 10.5 Å². The minimum Gasteiger partial charge on any atom is -0.487 e. The quantitative estimate of drug-likeness (QED) is 0.851. The van der Waals surface area contributed by atoms with Crippen LogP contribution in [0.2, 0.25) is 0 Å². The lowest BCUT2D eigenvalue weighted by molar-refractivity contribution is 0.292. The molecule has 0 aliphatic heterocycles. The average Bonchev–Trinajstić information content (AvgIpc) is 2.77. The topological polar surface area (TPSA) is 53.1 Å². The number of aryl methyl sites for hydroxylation is 2. The highest BCUT2D eigenvalue weighted by Crippen LogP contribution is 2.14. The Bertz CT molecular complexity index is 575. The van der Waals surface area contributed by atoms with Gasteiger partial charge in [0.2, 0.25) is 0 Å². The smallest absolute Gasteiger partial charge is 0.130 e. The van der Waals surface area contributed by atoms with Crippen molar-refractivity contribution in [2.24, 2.45) is 5.73 Å². The monoisotopic (exact) mass is 275 g/mol. The summed E-state index contributed by atoms with van der Waals surface area (Å²) in [6, 6.07) is 9.49. The van der Waals surface area contributed by atoms with Crippen molar-refractivity contribution in [3.63, 3.8) is 0 Å². The lowest BCUT2D eigenvalue weighted by atomic mass is 10.2. The van der Waals surface area contributed by atoms with Crippen molar-refractivity contribution in [3.8, 4) is 5.75 Å². The van der Waals surface area contributed by atoms with E-state index in [9.17, 15) is 0 Å². The molecule has 2 rings (SSSR count). The molecule has 0 amide bonds. The van der Waals surface area contributed by atoms with Gasteiger partial charge in [-0.2, -0.15) is 5.10 Å². The van der Waals surface area contributed by atoms with Gasteiger partial charge in [0.1, 0.15) is 17.3 Å². The second-order valence-corrected chi connectivity index (χ2v) is 4.71. The molecular formula is C14H17N3OS. The molecule has 1 heterocycles. The minimum atomic E-state index is 0.395. The molecule has 1 aromatic heterocycles. The molecule has 1 aromatic carbocycles. The van der Waals surface area contributed by atoms with Crippen LogP contribution in [0.1, 0.15) is 23.9 Å². The third-order valence-electron chi connectivity index (χ3n) is 2.81.